The molecule has 2 rings (SSSR count). The second-order valence-electron chi connectivity index (χ2n) is 4.22. The largest absolute Gasteiger partial charge is 0.507 e. The van der Waals surface area contributed by atoms with Crippen LogP contribution < -0.4 is 5.32 Å². The molecule has 0 saturated heterocycles. The molecule has 0 unspecified atom stereocenters. The van der Waals surface area contributed by atoms with Crippen LogP contribution in [0.25, 0.3) is 0 Å². The minimum Gasteiger partial charge on any atom is -0.507 e. The summed E-state index contributed by atoms with van der Waals surface area (Å²) < 4.78 is 2.26. The summed E-state index contributed by atoms with van der Waals surface area (Å²) >= 11 is 10.1. The third-order valence-electron chi connectivity index (χ3n) is 2.63. The minimum absolute atomic E-state index is 0.0729. The lowest BCUT2D eigenvalue weighted by molar-refractivity contribution is 0.102. The fraction of sp³-hybridized carbons (Fsp3) is 0.0714. The second-order valence-corrected chi connectivity index (χ2v) is 6.84. The standard InChI is InChI=1S/C14H10Br3NO2/c1-7-4-10(16)13(11(17)5-7)18-14(20)9-3-2-8(15)6-12(9)19/h2-6,19H,1H3,(H,18,20). The number of hydrogen-bond donors (Lipinski definition) is 2. The highest BCUT2D eigenvalue weighted by atomic mass is 79.9. The van der Waals surface area contributed by atoms with E-state index in [9.17, 15) is 9.90 Å². The van der Waals surface area contributed by atoms with Crippen LogP contribution in [0.3, 0.4) is 0 Å². The van der Waals surface area contributed by atoms with Crippen molar-refractivity contribution in [3.63, 3.8) is 0 Å². The SMILES string of the molecule is Cc1cc(Br)c(NC(=O)c2ccc(Br)cc2O)c(Br)c1. The molecule has 0 aromatic heterocycles. The summed E-state index contributed by atoms with van der Waals surface area (Å²) in [5.74, 6) is -0.448. The van der Waals surface area contributed by atoms with E-state index in [1.807, 2.05) is 19.1 Å². The van der Waals surface area contributed by atoms with E-state index >= 15 is 0 Å². The van der Waals surface area contributed by atoms with Gasteiger partial charge in [0.05, 0.1) is 11.3 Å². The smallest absolute Gasteiger partial charge is 0.259 e. The zero-order chi connectivity index (χ0) is 14.9. The van der Waals surface area contributed by atoms with Gasteiger partial charge in [0.25, 0.3) is 5.91 Å². The Hall–Kier alpha value is -0.850. The van der Waals surface area contributed by atoms with Gasteiger partial charge in [-0.25, -0.2) is 0 Å². The number of hydrogen-bond acceptors (Lipinski definition) is 2. The maximum Gasteiger partial charge on any atom is 0.259 e. The molecule has 6 heteroatoms. The zero-order valence-corrected chi connectivity index (χ0v) is 15.1. The van der Waals surface area contributed by atoms with Gasteiger partial charge in [-0.2, -0.15) is 0 Å². The van der Waals surface area contributed by atoms with E-state index in [-0.39, 0.29) is 17.2 Å². The van der Waals surface area contributed by atoms with Crippen LogP contribution >= 0.6 is 47.8 Å². The zero-order valence-electron chi connectivity index (χ0n) is 10.4. The summed E-state index contributed by atoms with van der Waals surface area (Å²) in [7, 11) is 0. The monoisotopic (exact) mass is 461 g/mol. The fourth-order valence-electron chi connectivity index (χ4n) is 1.70. The summed E-state index contributed by atoms with van der Waals surface area (Å²) in [5, 5.41) is 12.6. The van der Waals surface area contributed by atoms with Crippen molar-refractivity contribution in [3.05, 3.63) is 54.9 Å². The summed E-state index contributed by atoms with van der Waals surface area (Å²) in [4.78, 5) is 12.2. The predicted molar refractivity (Wildman–Crippen MR) is 90.3 cm³/mol. The van der Waals surface area contributed by atoms with E-state index in [4.69, 9.17) is 0 Å². The van der Waals surface area contributed by atoms with Crippen molar-refractivity contribution in [2.24, 2.45) is 0 Å². The van der Waals surface area contributed by atoms with E-state index < -0.39 is 0 Å². The molecule has 0 radical (unpaired) electrons. The van der Waals surface area contributed by atoms with Gasteiger partial charge in [0.2, 0.25) is 0 Å². The fourth-order valence-corrected chi connectivity index (χ4v) is 3.66. The van der Waals surface area contributed by atoms with Gasteiger partial charge in [0.15, 0.2) is 0 Å². The molecule has 20 heavy (non-hydrogen) atoms. The number of anilines is 1. The molecule has 0 fully saturated rings. The summed E-state index contributed by atoms with van der Waals surface area (Å²) in [6.07, 6.45) is 0. The summed E-state index contributed by atoms with van der Waals surface area (Å²) in [6, 6.07) is 8.55. The molecular weight excluding hydrogens is 454 g/mol. The van der Waals surface area contributed by atoms with E-state index in [1.165, 1.54) is 6.07 Å². The van der Waals surface area contributed by atoms with Crippen molar-refractivity contribution < 1.29 is 9.90 Å². The quantitative estimate of drug-likeness (QED) is 0.639. The second kappa shape index (κ2) is 6.28. The van der Waals surface area contributed by atoms with Gasteiger partial charge in [-0.15, -0.1) is 0 Å². The first-order valence-electron chi connectivity index (χ1n) is 5.64. The molecule has 2 aromatic carbocycles. The van der Waals surface area contributed by atoms with Gasteiger partial charge in [-0.3, -0.25) is 4.79 Å². The maximum atomic E-state index is 12.2. The van der Waals surface area contributed by atoms with Crippen LogP contribution in [0.15, 0.2) is 43.7 Å². The number of phenols is 1. The van der Waals surface area contributed by atoms with Crippen molar-refractivity contribution in [2.75, 3.05) is 5.32 Å². The average molecular weight is 464 g/mol. The van der Waals surface area contributed by atoms with Crippen molar-refractivity contribution in [3.8, 4) is 5.75 Å². The van der Waals surface area contributed by atoms with Gasteiger partial charge in [0.1, 0.15) is 5.75 Å². The Bertz CT molecular complexity index is 663. The minimum atomic E-state index is -0.375. The molecule has 0 aliphatic heterocycles. The number of aryl methyl sites for hydroxylation is 1. The lowest BCUT2D eigenvalue weighted by Gasteiger charge is -2.11. The van der Waals surface area contributed by atoms with Crippen molar-refractivity contribution >= 4 is 59.4 Å². The Balaban J connectivity index is 2.33. The van der Waals surface area contributed by atoms with Gasteiger partial charge < -0.3 is 10.4 Å². The van der Waals surface area contributed by atoms with Gasteiger partial charge in [-0.05, 0) is 74.7 Å². The molecule has 0 saturated carbocycles. The van der Waals surface area contributed by atoms with Crippen LogP contribution in [0.4, 0.5) is 5.69 Å². The van der Waals surface area contributed by atoms with Crippen LogP contribution in [0, 0.1) is 6.92 Å². The van der Waals surface area contributed by atoms with Gasteiger partial charge >= 0.3 is 0 Å². The number of rotatable bonds is 2. The number of amides is 1. The lowest BCUT2D eigenvalue weighted by atomic mass is 10.1. The highest BCUT2D eigenvalue weighted by molar-refractivity contribution is 9.11. The number of phenolic OH excluding ortho intramolecular Hbond substituents is 1. The Kier molecular flexibility index (Phi) is 4.88. The normalized spacial score (nSPS) is 10.4. The lowest BCUT2D eigenvalue weighted by Crippen LogP contribution is -2.13. The van der Waals surface area contributed by atoms with Crippen LogP contribution in [0.5, 0.6) is 5.75 Å². The van der Waals surface area contributed by atoms with Crippen LogP contribution in [-0.2, 0) is 0 Å². The third kappa shape index (κ3) is 3.42. The molecule has 0 atom stereocenters. The number of benzene rings is 2. The first-order valence-corrected chi connectivity index (χ1v) is 8.02. The predicted octanol–water partition coefficient (Wildman–Crippen LogP) is 5.24. The third-order valence-corrected chi connectivity index (χ3v) is 4.37. The summed E-state index contributed by atoms with van der Waals surface area (Å²) in [6.45, 7) is 1.96. The highest BCUT2D eigenvalue weighted by Gasteiger charge is 2.15. The molecule has 1 amide bonds. The molecule has 0 spiro atoms. The van der Waals surface area contributed by atoms with Gasteiger partial charge in [-0.1, -0.05) is 15.9 Å². The highest BCUT2D eigenvalue weighted by Crippen LogP contribution is 2.33. The number of carbonyl (C=O) groups excluding carboxylic acids is 1. The van der Waals surface area contributed by atoms with E-state index in [0.29, 0.717) is 10.2 Å². The number of nitrogens with one attached hydrogen (secondary N) is 1. The molecular formula is C14H10Br3NO2. The Labute approximate surface area is 141 Å². The Morgan fingerprint density at radius 1 is 1.10 bits per heavy atom. The molecule has 2 N–H and O–H groups in total. The van der Waals surface area contributed by atoms with Gasteiger partial charge in [0, 0.05) is 13.4 Å². The van der Waals surface area contributed by atoms with Crippen molar-refractivity contribution in [1.82, 2.24) is 0 Å². The Morgan fingerprint density at radius 2 is 1.70 bits per heavy atom. The molecule has 2 aromatic rings. The molecule has 104 valence electrons. The van der Waals surface area contributed by atoms with Crippen LogP contribution in [-0.4, -0.2) is 11.0 Å². The molecule has 0 aliphatic rings. The molecule has 3 nitrogen and oxygen atoms in total. The Morgan fingerprint density at radius 3 is 2.25 bits per heavy atom. The van der Waals surface area contributed by atoms with Crippen molar-refractivity contribution in [2.45, 2.75) is 6.92 Å². The number of carbonyl (C=O) groups is 1. The maximum absolute atomic E-state index is 12.2. The number of aromatic hydroxyl groups is 1. The molecule has 0 aliphatic carbocycles. The number of halogens is 3. The topological polar surface area (TPSA) is 49.3 Å². The summed E-state index contributed by atoms with van der Waals surface area (Å²) in [5.41, 5.74) is 1.91. The van der Waals surface area contributed by atoms with Crippen molar-refractivity contribution in [1.29, 1.82) is 0 Å². The van der Waals surface area contributed by atoms with Crippen LogP contribution in [0.1, 0.15) is 15.9 Å². The van der Waals surface area contributed by atoms with E-state index in [0.717, 1.165) is 14.5 Å². The first kappa shape index (κ1) is 15.5. The first-order chi connectivity index (χ1) is 9.38. The molecule has 0 heterocycles. The van der Waals surface area contributed by atoms with E-state index in [1.54, 1.807) is 12.1 Å². The van der Waals surface area contributed by atoms with Crippen LogP contribution in [0.2, 0.25) is 0 Å². The van der Waals surface area contributed by atoms with E-state index in [2.05, 4.69) is 53.1 Å². The molecule has 0 bridgehead atoms. The average Bonchev–Trinajstić information content (AvgIpc) is 2.33.